The number of hydrogen-bond acceptors (Lipinski definition) is 4. The summed E-state index contributed by atoms with van der Waals surface area (Å²) in [5.41, 5.74) is 4.67. The minimum absolute atomic E-state index is 0.650. The molecule has 0 bridgehead atoms. The summed E-state index contributed by atoms with van der Waals surface area (Å²) < 4.78 is 46.4. The third-order valence-corrected chi connectivity index (χ3v) is 6.60. The molecule has 0 aliphatic carbocycles. The molecule has 1 aliphatic heterocycles. The number of ether oxygens (including phenoxy) is 1. The largest absolute Gasteiger partial charge is 0.497 e. The van der Waals surface area contributed by atoms with E-state index in [1.165, 1.54) is 12.1 Å². The molecule has 0 unspecified atom stereocenters. The maximum Gasteiger partial charge on any atom is 0.416 e. The van der Waals surface area contributed by atoms with Crippen LogP contribution in [0.15, 0.2) is 66.9 Å². The Labute approximate surface area is 202 Å². The summed E-state index contributed by atoms with van der Waals surface area (Å²) in [6, 6.07) is 17.0. The van der Waals surface area contributed by atoms with Gasteiger partial charge in [0.15, 0.2) is 0 Å². The molecule has 0 N–H and O–H groups in total. The fourth-order valence-corrected chi connectivity index (χ4v) is 4.46. The van der Waals surface area contributed by atoms with Crippen LogP contribution in [0.3, 0.4) is 0 Å². The third-order valence-electron chi connectivity index (χ3n) is 6.60. The molecule has 0 amide bonds. The first-order valence-corrected chi connectivity index (χ1v) is 11.6. The quantitative estimate of drug-likeness (QED) is 0.381. The van der Waals surface area contributed by atoms with Crippen molar-refractivity contribution < 1.29 is 17.9 Å². The van der Waals surface area contributed by atoms with Crippen molar-refractivity contribution in [1.82, 2.24) is 19.2 Å². The lowest BCUT2D eigenvalue weighted by Crippen LogP contribution is -2.44. The third kappa shape index (κ3) is 4.90. The van der Waals surface area contributed by atoms with Crippen molar-refractivity contribution in [1.29, 1.82) is 0 Å². The zero-order valence-electron chi connectivity index (χ0n) is 19.7. The average molecular weight is 481 g/mol. The van der Waals surface area contributed by atoms with Gasteiger partial charge in [-0.3, -0.25) is 4.90 Å². The average Bonchev–Trinajstić information content (AvgIpc) is 3.22. The number of hydrogen-bond donors (Lipinski definition) is 0. The van der Waals surface area contributed by atoms with Crippen LogP contribution in [-0.4, -0.2) is 59.5 Å². The molecule has 5 rings (SSSR count). The van der Waals surface area contributed by atoms with Crippen LogP contribution in [0.5, 0.6) is 5.75 Å². The lowest BCUT2D eigenvalue weighted by atomic mass is 10.1. The first-order valence-electron chi connectivity index (χ1n) is 11.6. The van der Waals surface area contributed by atoms with Gasteiger partial charge in [0.1, 0.15) is 11.4 Å². The summed E-state index contributed by atoms with van der Waals surface area (Å²) in [6.07, 6.45) is -2.38. The molecule has 5 nitrogen and oxygen atoms in total. The maximum atomic E-state index is 13.0. The molecule has 182 valence electrons. The lowest BCUT2D eigenvalue weighted by Gasteiger charge is -2.32. The molecule has 2 aromatic heterocycles. The van der Waals surface area contributed by atoms with E-state index in [2.05, 4.69) is 21.2 Å². The zero-order valence-corrected chi connectivity index (χ0v) is 19.7. The van der Waals surface area contributed by atoms with Crippen LogP contribution in [0.2, 0.25) is 0 Å². The van der Waals surface area contributed by atoms with Gasteiger partial charge in [-0.25, -0.2) is 4.98 Å². The highest BCUT2D eigenvalue weighted by molar-refractivity contribution is 5.70. The Morgan fingerprint density at radius 3 is 2.09 bits per heavy atom. The van der Waals surface area contributed by atoms with E-state index in [-0.39, 0.29) is 0 Å². The molecule has 0 spiro atoms. The predicted octanol–water partition coefficient (Wildman–Crippen LogP) is 5.44. The van der Waals surface area contributed by atoms with Crippen LogP contribution in [0.4, 0.5) is 13.2 Å². The smallest absolute Gasteiger partial charge is 0.416 e. The number of likely N-dealkylation sites (N-methyl/N-ethyl adjacent to an activating group) is 1. The minimum Gasteiger partial charge on any atom is -0.497 e. The molecule has 0 atom stereocenters. The van der Waals surface area contributed by atoms with E-state index < -0.39 is 11.7 Å². The maximum absolute atomic E-state index is 13.0. The van der Waals surface area contributed by atoms with Crippen LogP contribution in [-0.2, 0) is 12.7 Å². The molecule has 35 heavy (non-hydrogen) atoms. The van der Waals surface area contributed by atoms with E-state index in [0.717, 1.165) is 84.3 Å². The number of alkyl halides is 3. The Morgan fingerprint density at radius 1 is 0.829 bits per heavy atom. The Kier molecular flexibility index (Phi) is 6.25. The van der Waals surface area contributed by atoms with E-state index in [1.54, 1.807) is 7.11 Å². The van der Waals surface area contributed by atoms with E-state index >= 15 is 0 Å². The normalized spacial score (nSPS) is 15.6. The van der Waals surface area contributed by atoms with Crippen molar-refractivity contribution in [2.24, 2.45) is 0 Å². The van der Waals surface area contributed by atoms with Crippen LogP contribution >= 0.6 is 0 Å². The fraction of sp³-hybridized carbons (Fsp3) is 0.296. The van der Waals surface area contributed by atoms with Gasteiger partial charge in [-0.1, -0.05) is 12.1 Å². The number of methoxy groups -OCH3 is 1. The number of piperazine rings is 1. The minimum atomic E-state index is -4.35. The number of nitrogens with zero attached hydrogens (tertiary/aromatic N) is 4. The van der Waals surface area contributed by atoms with Crippen LogP contribution < -0.4 is 4.74 Å². The molecule has 4 aromatic rings. The number of rotatable bonds is 5. The summed E-state index contributed by atoms with van der Waals surface area (Å²) in [5, 5.41) is 0. The van der Waals surface area contributed by atoms with Crippen molar-refractivity contribution in [2.75, 3.05) is 40.3 Å². The zero-order chi connectivity index (χ0) is 24.6. The number of imidazole rings is 1. The highest BCUT2D eigenvalue weighted by atomic mass is 19.4. The number of fused-ring (bicyclic) bond motifs is 1. The van der Waals surface area contributed by atoms with Gasteiger partial charge in [0.05, 0.1) is 24.1 Å². The van der Waals surface area contributed by atoms with E-state index in [4.69, 9.17) is 9.72 Å². The molecule has 1 fully saturated rings. The number of aromatic nitrogens is 2. The summed E-state index contributed by atoms with van der Waals surface area (Å²) in [7, 11) is 3.77. The number of pyridine rings is 1. The SMILES string of the molecule is COc1ccc(-c2nc3ccc(-c4ccc(C(F)(F)F)cc4)cn3c2CN2CCN(C)CC2)cc1. The van der Waals surface area contributed by atoms with Crippen molar-refractivity contribution >= 4 is 5.65 Å². The number of halogens is 3. The highest BCUT2D eigenvalue weighted by Gasteiger charge is 2.30. The standard InChI is InChI=1S/C27H27F3N4O/c1-32-13-15-33(16-14-32)18-24-26(20-5-10-23(35-2)11-6-20)31-25-12-7-21(17-34(24)25)19-3-8-22(9-4-19)27(28,29)30/h3-12,17H,13-16,18H2,1-2H3. The van der Waals surface area contributed by atoms with E-state index in [9.17, 15) is 13.2 Å². The highest BCUT2D eigenvalue weighted by Crippen LogP contribution is 2.32. The van der Waals surface area contributed by atoms with Gasteiger partial charge in [-0.2, -0.15) is 13.2 Å². The van der Waals surface area contributed by atoms with E-state index in [0.29, 0.717) is 0 Å². The van der Waals surface area contributed by atoms with Gasteiger partial charge in [-0.05, 0) is 66.7 Å². The lowest BCUT2D eigenvalue weighted by molar-refractivity contribution is -0.137. The van der Waals surface area contributed by atoms with Crippen LogP contribution in [0.1, 0.15) is 11.3 Å². The van der Waals surface area contributed by atoms with Gasteiger partial charge >= 0.3 is 6.18 Å². The van der Waals surface area contributed by atoms with Gasteiger partial charge in [0, 0.05) is 44.5 Å². The topological polar surface area (TPSA) is 33.0 Å². The van der Waals surface area contributed by atoms with Crippen LogP contribution in [0.25, 0.3) is 28.0 Å². The Hall–Kier alpha value is -3.36. The fourth-order valence-electron chi connectivity index (χ4n) is 4.46. The molecule has 0 radical (unpaired) electrons. The van der Waals surface area contributed by atoms with Gasteiger partial charge in [0.25, 0.3) is 0 Å². The van der Waals surface area contributed by atoms with Gasteiger partial charge in [0.2, 0.25) is 0 Å². The summed E-state index contributed by atoms with van der Waals surface area (Å²) >= 11 is 0. The summed E-state index contributed by atoms with van der Waals surface area (Å²) in [5.74, 6) is 0.780. The molecule has 8 heteroatoms. The van der Waals surface area contributed by atoms with Crippen LogP contribution in [0, 0.1) is 0 Å². The van der Waals surface area contributed by atoms with Crippen molar-refractivity contribution in [2.45, 2.75) is 12.7 Å². The summed E-state index contributed by atoms with van der Waals surface area (Å²) in [4.78, 5) is 9.67. The summed E-state index contributed by atoms with van der Waals surface area (Å²) in [6.45, 7) is 4.67. The second-order valence-electron chi connectivity index (χ2n) is 8.94. The van der Waals surface area contributed by atoms with Gasteiger partial charge < -0.3 is 14.0 Å². The Morgan fingerprint density at radius 2 is 1.46 bits per heavy atom. The molecule has 0 saturated carbocycles. The van der Waals surface area contributed by atoms with Crippen molar-refractivity contribution in [3.8, 4) is 28.1 Å². The molecular formula is C27H27F3N4O. The Bertz CT molecular complexity index is 1310. The second kappa shape index (κ2) is 9.36. The molecule has 1 aliphatic rings. The molecular weight excluding hydrogens is 453 g/mol. The van der Waals surface area contributed by atoms with Crippen molar-refractivity contribution in [3.05, 3.63) is 78.1 Å². The monoisotopic (exact) mass is 480 g/mol. The molecule has 2 aromatic carbocycles. The van der Waals surface area contributed by atoms with Crippen molar-refractivity contribution in [3.63, 3.8) is 0 Å². The van der Waals surface area contributed by atoms with E-state index in [1.807, 2.05) is 42.6 Å². The first-order chi connectivity index (χ1) is 16.8. The Balaban J connectivity index is 1.57. The molecule has 1 saturated heterocycles. The predicted molar refractivity (Wildman–Crippen MR) is 130 cm³/mol. The number of benzene rings is 2. The molecule has 3 heterocycles. The first kappa shape index (κ1) is 23.4. The van der Waals surface area contributed by atoms with Gasteiger partial charge in [-0.15, -0.1) is 0 Å². The second-order valence-corrected chi connectivity index (χ2v) is 8.94.